The zero-order valence-electron chi connectivity index (χ0n) is 20.1. The van der Waals surface area contributed by atoms with Crippen molar-refractivity contribution < 1.29 is 27.0 Å². The predicted molar refractivity (Wildman–Crippen MR) is 134 cm³/mol. The molecule has 37 heavy (non-hydrogen) atoms. The maximum absolute atomic E-state index is 14.4. The highest BCUT2D eigenvalue weighted by Crippen LogP contribution is 2.40. The summed E-state index contributed by atoms with van der Waals surface area (Å²) in [7, 11) is 0.792. The summed E-state index contributed by atoms with van der Waals surface area (Å²) in [5, 5.41) is 5.86. The SMILES string of the molecule is COc1cc(Nc2ncc(F)c(Nc3ccc(CNS(=O)(=O)c4cnc[nH]4)cc3)n2)cc(OC)c1OC. The van der Waals surface area contributed by atoms with Gasteiger partial charge in [0.05, 0.1) is 40.1 Å². The van der Waals surface area contributed by atoms with Crippen molar-refractivity contribution >= 4 is 33.2 Å². The number of rotatable bonds is 11. The second-order valence-electron chi connectivity index (χ2n) is 7.49. The lowest BCUT2D eigenvalue weighted by molar-refractivity contribution is 0.324. The van der Waals surface area contributed by atoms with Crippen LogP contribution in [0.1, 0.15) is 5.56 Å². The number of methoxy groups -OCH3 is 3. The molecule has 0 atom stereocenters. The van der Waals surface area contributed by atoms with Crippen LogP contribution >= 0.6 is 0 Å². The van der Waals surface area contributed by atoms with Crippen LogP contribution in [0.15, 0.2) is 60.1 Å². The quantitative estimate of drug-likeness (QED) is 0.228. The van der Waals surface area contributed by atoms with Gasteiger partial charge in [0.25, 0.3) is 10.0 Å². The van der Waals surface area contributed by atoms with E-state index >= 15 is 0 Å². The fourth-order valence-corrected chi connectivity index (χ4v) is 4.21. The third kappa shape index (κ3) is 6.05. The Balaban J connectivity index is 1.45. The molecule has 0 aliphatic rings. The standard InChI is InChI=1S/C23H24FN7O5S/c1-34-18-8-16(9-19(35-2)21(18)36-3)30-23-26-11-17(24)22(31-23)29-15-6-4-14(5-7-15)10-28-37(32,33)20-12-25-13-27-20/h4-9,11-13,28H,10H2,1-3H3,(H,25,27)(H2,26,29,30,31). The number of imidazole rings is 1. The Bertz CT molecular complexity index is 1440. The summed E-state index contributed by atoms with van der Waals surface area (Å²) in [5.41, 5.74) is 1.77. The number of sulfonamides is 1. The van der Waals surface area contributed by atoms with Crippen LogP contribution in [0.4, 0.5) is 27.5 Å². The Morgan fingerprint density at radius 2 is 1.65 bits per heavy atom. The van der Waals surface area contributed by atoms with E-state index in [0.717, 1.165) is 6.20 Å². The first-order valence-corrected chi connectivity index (χ1v) is 12.2. The Labute approximate surface area is 212 Å². The second-order valence-corrected chi connectivity index (χ2v) is 9.23. The lowest BCUT2D eigenvalue weighted by Gasteiger charge is -2.15. The number of nitrogens with zero attached hydrogens (tertiary/aromatic N) is 3. The monoisotopic (exact) mass is 529 g/mol. The lowest BCUT2D eigenvalue weighted by Crippen LogP contribution is -2.23. The highest BCUT2D eigenvalue weighted by atomic mass is 32.2. The van der Waals surface area contributed by atoms with E-state index < -0.39 is 15.8 Å². The fraction of sp³-hybridized carbons (Fsp3) is 0.174. The third-order valence-corrected chi connectivity index (χ3v) is 6.44. The molecule has 2 aromatic heterocycles. The van der Waals surface area contributed by atoms with E-state index in [4.69, 9.17) is 14.2 Å². The zero-order valence-corrected chi connectivity index (χ0v) is 20.9. The summed E-state index contributed by atoms with van der Waals surface area (Å²) in [4.78, 5) is 14.5. The van der Waals surface area contributed by atoms with E-state index in [1.807, 2.05) is 0 Å². The van der Waals surface area contributed by atoms with Gasteiger partial charge in [-0.15, -0.1) is 0 Å². The van der Waals surface area contributed by atoms with Crippen molar-refractivity contribution in [2.75, 3.05) is 32.0 Å². The van der Waals surface area contributed by atoms with E-state index in [1.165, 1.54) is 33.9 Å². The Morgan fingerprint density at radius 1 is 0.946 bits per heavy atom. The molecule has 14 heteroatoms. The summed E-state index contributed by atoms with van der Waals surface area (Å²) >= 11 is 0. The molecular weight excluding hydrogens is 505 g/mol. The van der Waals surface area contributed by atoms with Crippen molar-refractivity contribution in [2.24, 2.45) is 0 Å². The molecule has 4 rings (SSSR count). The van der Waals surface area contributed by atoms with Crippen molar-refractivity contribution in [3.05, 3.63) is 66.5 Å². The fourth-order valence-electron chi connectivity index (χ4n) is 3.29. The van der Waals surface area contributed by atoms with Gasteiger partial charge in [-0.3, -0.25) is 0 Å². The molecule has 0 unspecified atom stereocenters. The van der Waals surface area contributed by atoms with Crippen molar-refractivity contribution in [1.29, 1.82) is 0 Å². The first-order chi connectivity index (χ1) is 17.8. The molecule has 0 radical (unpaired) electrons. The van der Waals surface area contributed by atoms with Gasteiger partial charge in [0, 0.05) is 30.1 Å². The summed E-state index contributed by atoms with van der Waals surface area (Å²) in [6, 6.07) is 10.1. The van der Waals surface area contributed by atoms with Crippen LogP contribution in [0.25, 0.3) is 0 Å². The van der Waals surface area contributed by atoms with Gasteiger partial charge in [-0.25, -0.2) is 27.5 Å². The third-order valence-electron chi connectivity index (χ3n) is 5.11. The van der Waals surface area contributed by atoms with Crippen LogP contribution < -0.4 is 29.6 Å². The van der Waals surface area contributed by atoms with Crippen LogP contribution in [0.3, 0.4) is 0 Å². The number of aromatic amines is 1. The van der Waals surface area contributed by atoms with Gasteiger partial charge in [0.15, 0.2) is 28.2 Å². The Morgan fingerprint density at radius 3 is 2.24 bits per heavy atom. The van der Waals surface area contributed by atoms with Crippen LogP contribution in [0.5, 0.6) is 17.2 Å². The molecule has 0 bridgehead atoms. The van der Waals surface area contributed by atoms with Crippen LogP contribution in [0.2, 0.25) is 0 Å². The van der Waals surface area contributed by atoms with Gasteiger partial charge in [-0.1, -0.05) is 12.1 Å². The average Bonchev–Trinajstić information content (AvgIpc) is 3.46. The number of anilines is 4. The predicted octanol–water partition coefficient (Wildman–Crippen LogP) is 3.33. The van der Waals surface area contributed by atoms with E-state index in [2.05, 4.69) is 35.3 Å². The van der Waals surface area contributed by atoms with E-state index in [9.17, 15) is 12.8 Å². The van der Waals surface area contributed by atoms with E-state index in [0.29, 0.717) is 34.2 Å². The van der Waals surface area contributed by atoms with E-state index in [-0.39, 0.29) is 23.3 Å². The molecule has 4 aromatic rings. The zero-order chi connectivity index (χ0) is 26.4. The molecule has 2 heterocycles. The Hall–Kier alpha value is -4.43. The summed E-state index contributed by atoms with van der Waals surface area (Å²) < 4.78 is 57.3. The largest absolute Gasteiger partial charge is 0.493 e. The van der Waals surface area contributed by atoms with Crippen LogP contribution in [-0.2, 0) is 16.6 Å². The summed E-state index contributed by atoms with van der Waals surface area (Å²) in [5.74, 6) is 0.691. The minimum absolute atomic E-state index is 0.0269. The van der Waals surface area contributed by atoms with Gasteiger partial charge in [0.2, 0.25) is 11.7 Å². The molecule has 2 aromatic carbocycles. The van der Waals surface area contributed by atoms with Crippen molar-refractivity contribution in [3.63, 3.8) is 0 Å². The minimum atomic E-state index is -3.70. The molecular formula is C23H24FN7O5S. The highest BCUT2D eigenvalue weighted by Gasteiger charge is 2.16. The van der Waals surface area contributed by atoms with Crippen molar-refractivity contribution in [1.82, 2.24) is 24.7 Å². The summed E-state index contributed by atoms with van der Waals surface area (Å²) in [6.45, 7) is 0.0619. The number of hydrogen-bond donors (Lipinski definition) is 4. The van der Waals surface area contributed by atoms with Gasteiger partial charge in [0.1, 0.15) is 0 Å². The normalized spacial score (nSPS) is 11.1. The molecule has 0 aliphatic carbocycles. The molecule has 0 spiro atoms. The number of H-pyrrole nitrogens is 1. The van der Waals surface area contributed by atoms with Crippen molar-refractivity contribution in [3.8, 4) is 17.2 Å². The maximum Gasteiger partial charge on any atom is 0.257 e. The topological polar surface area (TPSA) is 152 Å². The number of halogens is 1. The van der Waals surface area contributed by atoms with Gasteiger partial charge in [-0.2, -0.15) is 4.98 Å². The molecule has 0 fully saturated rings. The van der Waals surface area contributed by atoms with Crippen molar-refractivity contribution in [2.45, 2.75) is 11.6 Å². The Kier molecular flexibility index (Phi) is 7.69. The number of hydrogen-bond acceptors (Lipinski definition) is 10. The van der Waals surface area contributed by atoms with E-state index in [1.54, 1.807) is 36.4 Å². The number of nitrogens with one attached hydrogen (secondary N) is 4. The average molecular weight is 530 g/mol. The molecule has 0 amide bonds. The molecule has 0 aliphatic heterocycles. The minimum Gasteiger partial charge on any atom is -0.493 e. The van der Waals surface area contributed by atoms with Crippen LogP contribution in [-0.4, -0.2) is 49.7 Å². The number of aromatic nitrogens is 4. The highest BCUT2D eigenvalue weighted by molar-refractivity contribution is 7.89. The number of ether oxygens (including phenoxy) is 3. The molecule has 12 nitrogen and oxygen atoms in total. The maximum atomic E-state index is 14.4. The smallest absolute Gasteiger partial charge is 0.257 e. The molecule has 4 N–H and O–H groups in total. The second kappa shape index (κ2) is 11.1. The first kappa shape index (κ1) is 25.7. The first-order valence-electron chi connectivity index (χ1n) is 10.8. The molecule has 0 saturated heterocycles. The van der Waals surface area contributed by atoms with Gasteiger partial charge >= 0.3 is 0 Å². The van der Waals surface area contributed by atoms with Crippen LogP contribution in [0, 0.1) is 5.82 Å². The molecule has 194 valence electrons. The van der Waals surface area contributed by atoms with Gasteiger partial charge < -0.3 is 29.8 Å². The number of benzene rings is 2. The lowest BCUT2D eigenvalue weighted by atomic mass is 10.2. The molecule has 0 saturated carbocycles. The summed E-state index contributed by atoms with van der Waals surface area (Å²) in [6.07, 6.45) is 3.54. The van der Waals surface area contributed by atoms with Gasteiger partial charge in [-0.05, 0) is 17.7 Å².